The Balaban J connectivity index is 3.44. The van der Waals surface area contributed by atoms with Crippen molar-refractivity contribution in [2.75, 3.05) is 7.11 Å². The van der Waals surface area contributed by atoms with Crippen molar-refractivity contribution in [3.8, 4) is 5.75 Å². The number of methoxy groups -OCH3 is 1. The van der Waals surface area contributed by atoms with Gasteiger partial charge in [0.15, 0.2) is 5.75 Å². The van der Waals surface area contributed by atoms with E-state index in [-0.39, 0.29) is 15.8 Å². The lowest BCUT2D eigenvalue weighted by Gasteiger charge is -2.09. The molecule has 1 heterocycles. The zero-order valence-electron chi connectivity index (χ0n) is 7.43. The lowest BCUT2D eigenvalue weighted by Crippen LogP contribution is -2.04. The van der Waals surface area contributed by atoms with Crippen molar-refractivity contribution in [2.45, 2.75) is 6.43 Å². The number of alkyl halides is 2. The van der Waals surface area contributed by atoms with Crippen LogP contribution in [-0.4, -0.2) is 17.3 Å². The fraction of sp³-hybridized carbons (Fsp3) is 0.250. The molecule has 0 aliphatic heterocycles. The van der Waals surface area contributed by atoms with Gasteiger partial charge in [-0.1, -0.05) is 0 Å². The van der Waals surface area contributed by atoms with Gasteiger partial charge >= 0.3 is 0 Å². The first kappa shape index (κ1) is 12.3. The Morgan fingerprint density at radius 1 is 1.67 bits per heavy atom. The molecule has 15 heavy (non-hydrogen) atoms. The molecule has 0 aliphatic carbocycles. The molecule has 0 atom stereocenters. The van der Waals surface area contributed by atoms with Crippen LogP contribution in [0.1, 0.15) is 22.5 Å². The van der Waals surface area contributed by atoms with Gasteiger partial charge in [-0.2, -0.15) is 0 Å². The van der Waals surface area contributed by atoms with E-state index >= 15 is 0 Å². The molecule has 0 saturated carbocycles. The van der Waals surface area contributed by atoms with Gasteiger partial charge < -0.3 is 4.74 Å². The topological polar surface area (TPSA) is 39.2 Å². The minimum Gasteiger partial charge on any atom is -0.494 e. The van der Waals surface area contributed by atoms with E-state index in [0.717, 1.165) is 6.20 Å². The van der Waals surface area contributed by atoms with Crippen molar-refractivity contribution >= 4 is 32.8 Å². The molecule has 0 spiro atoms. The fourth-order valence-corrected chi connectivity index (χ4v) is 1.93. The number of ether oxygens (including phenoxy) is 1. The number of carbonyl (C=O) groups is 1. The van der Waals surface area contributed by atoms with Crippen LogP contribution in [-0.2, 0) is 0 Å². The Labute approximate surface area is 97.5 Å². The van der Waals surface area contributed by atoms with E-state index in [2.05, 4.69) is 20.9 Å². The lowest BCUT2D eigenvalue weighted by atomic mass is 10.2. The highest BCUT2D eigenvalue weighted by Crippen LogP contribution is 2.34. The van der Waals surface area contributed by atoms with Crippen LogP contribution in [0.2, 0.25) is 0 Å². The van der Waals surface area contributed by atoms with Crippen molar-refractivity contribution in [1.82, 2.24) is 4.98 Å². The van der Waals surface area contributed by atoms with E-state index in [1.54, 1.807) is 0 Å². The summed E-state index contributed by atoms with van der Waals surface area (Å²) in [5, 5.41) is -1.01. The first-order valence-corrected chi connectivity index (χ1v) is 4.86. The summed E-state index contributed by atoms with van der Waals surface area (Å²) < 4.78 is 29.8. The molecular weight excluding hydrogens is 295 g/mol. The van der Waals surface area contributed by atoms with Crippen LogP contribution in [0.3, 0.4) is 0 Å². The molecule has 0 fully saturated rings. The lowest BCUT2D eigenvalue weighted by molar-refractivity contribution is 0.106. The molecule has 0 aliphatic rings. The molecule has 0 aromatic carbocycles. The van der Waals surface area contributed by atoms with Gasteiger partial charge in [0.1, 0.15) is 5.69 Å². The van der Waals surface area contributed by atoms with Crippen molar-refractivity contribution in [2.24, 2.45) is 0 Å². The number of aromatic nitrogens is 1. The van der Waals surface area contributed by atoms with Gasteiger partial charge in [-0.15, -0.1) is 0 Å². The van der Waals surface area contributed by atoms with Crippen LogP contribution in [0, 0.1) is 0 Å². The van der Waals surface area contributed by atoms with E-state index < -0.39 is 17.4 Å². The molecular formula is C8H5BrClF2NO2. The smallest absolute Gasteiger partial charge is 0.281 e. The number of halogens is 4. The zero-order chi connectivity index (χ0) is 11.6. The molecule has 7 heteroatoms. The minimum atomic E-state index is -2.87. The number of nitrogens with zero attached hydrogens (tertiary/aromatic N) is 1. The molecule has 0 amide bonds. The quantitative estimate of drug-likeness (QED) is 0.805. The van der Waals surface area contributed by atoms with Crippen LogP contribution >= 0.6 is 27.5 Å². The van der Waals surface area contributed by atoms with E-state index in [4.69, 9.17) is 16.3 Å². The maximum atomic E-state index is 12.5. The van der Waals surface area contributed by atoms with E-state index in [0.29, 0.717) is 0 Å². The fourth-order valence-electron chi connectivity index (χ4n) is 0.980. The van der Waals surface area contributed by atoms with Crippen molar-refractivity contribution in [1.29, 1.82) is 0 Å². The molecule has 1 rings (SSSR count). The standard InChI is InChI=1S/C8H5BrClF2NO2/c1-15-3-2-13-6(8(11)12)4(5(3)9)7(10)14/h2,8H,1H3. The SMILES string of the molecule is COc1cnc(C(F)F)c(C(=O)Cl)c1Br. The van der Waals surface area contributed by atoms with Gasteiger partial charge in [0.25, 0.3) is 11.7 Å². The normalized spacial score (nSPS) is 10.5. The minimum absolute atomic E-state index is 0.0790. The third kappa shape index (κ3) is 2.43. The van der Waals surface area contributed by atoms with Gasteiger partial charge in [0.2, 0.25) is 0 Å². The Bertz CT molecular complexity index is 400. The predicted molar refractivity (Wildman–Crippen MR) is 53.6 cm³/mol. The largest absolute Gasteiger partial charge is 0.494 e. The molecule has 0 saturated heterocycles. The van der Waals surface area contributed by atoms with Crippen LogP contribution < -0.4 is 4.74 Å². The highest BCUT2D eigenvalue weighted by molar-refractivity contribution is 9.10. The number of hydrogen-bond donors (Lipinski definition) is 0. The molecule has 82 valence electrons. The van der Waals surface area contributed by atoms with Crippen LogP contribution in [0.15, 0.2) is 10.7 Å². The van der Waals surface area contributed by atoms with Crippen LogP contribution in [0.25, 0.3) is 0 Å². The monoisotopic (exact) mass is 299 g/mol. The van der Waals surface area contributed by atoms with E-state index in [9.17, 15) is 13.6 Å². The van der Waals surface area contributed by atoms with Crippen molar-refractivity contribution in [3.05, 3.63) is 21.9 Å². The summed E-state index contributed by atoms with van der Waals surface area (Å²) in [6.45, 7) is 0. The molecule has 0 bridgehead atoms. The summed E-state index contributed by atoms with van der Waals surface area (Å²) >= 11 is 8.15. The molecule has 0 unspecified atom stereocenters. The molecule has 3 nitrogen and oxygen atoms in total. The maximum Gasteiger partial charge on any atom is 0.281 e. The van der Waals surface area contributed by atoms with Gasteiger partial charge in [0, 0.05) is 0 Å². The summed E-state index contributed by atoms with van der Waals surface area (Å²) in [5.74, 6) is 0.170. The van der Waals surface area contributed by atoms with Crippen molar-refractivity contribution < 1.29 is 18.3 Å². The second-order valence-electron chi connectivity index (χ2n) is 2.48. The third-order valence-corrected chi connectivity index (χ3v) is 2.61. The van der Waals surface area contributed by atoms with Crippen LogP contribution in [0.4, 0.5) is 8.78 Å². The summed E-state index contributed by atoms with van der Waals surface area (Å²) in [6, 6.07) is 0. The molecule has 0 radical (unpaired) electrons. The Kier molecular flexibility index (Phi) is 3.98. The first-order chi connectivity index (χ1) is 6.99. The number of carbonyl (C=O) groups excluding carboxylic acids is 1. The average Bonchev–Trinajstić information content (AvgIpc) is 2.16. The third-order valence-electron chi connectivity index (χ3n) is 1.64. The highest BCUT2D eigenvalue weighted by atomic mass is 79.9. The second-order valence-corrected chi connectivity index (χ2v) is 3.61. The molecule has 1 aromatic heterocycles. The second kappa shape index (κ2) is 4.85. The summed E-state index contributed by atoms with van der Waals surface area (Å²) in [7, 11) is 1.33. The molecule has 1 aromatic rings. The first-order valence-electron chi connectivity index (χ1n) is 3.69. The Hall–Kier alpha value is -0.750. The Morgan fingerprint density at radius 2 is 2.27 bits per heavy atom. The van der Waals surface area contributed by atoms with E-state index in [1.165, 1.54) is 7.11 Å². The predicted octanol–water partition coefficient (Wildman–Crippen LogP) is 3.17. The van der Waals surface area contributed by atoms with Gasteiger partial charge in [-0.05, 0) is 27.5 Å². The number of rotatable bonds is 3. The maximum absolute atomic E-state index is 12.5. The average molecular weight is 300 g/mol. The summed E-state index contributed by atoms with van der Waals surface area (Å²) in [4.78, 5) is 14.4. The van der Waals surface area contributed by atoms with Gasteiger partial charge in [-0.25, -0.2) is 8.78 Å². The summed E-state index contributed by atoms with van der Waals surface area (Å²) in [6.07, 6.45) is -1.78. The van der Waals surface area contributed by atoms with Gasteiger partial charge in [0.05, 0.1) is 23.3 Å². The number of pyridine rings is 1. The van der Waals surface area contributed by atoms with Crippen LogP contribution in [0.5, 0.6) is 5.75 Å². The Morgan fingerprint density at radius 3 is 2.67 bits per heavy atom. The zero-order valence-corrected chi connectivity index (χ0v) is 9.77. The number of hydrogen-bond acceptors (Lipinski definition) is 3. The van der Waals surface area contributed by atoms with E-state index in [1.807, 2.05) is 0 Å². The highest BCUT2D eigenvalue weighted by Gasteiger charge is 2.24. The van der Waals surface area contributed by atoms with Crippen molar-refractivity contribution in [3.63, 3.8) is 0 Å². The van der Waals surface area contributed by atoms with Gasteiger partial charge in [-0.3, -0.25) is 9.78 Å². The molecule has 0 N–H and O–H groups in total. The summed E-state index contributed by atoms with van der Waals surface area (Å²) in [5.41, 5.74) is -1.03.